The largest absolute Gasteiger partial charge is 0.417 e. The van der Waals surface area contributed by atoms with E-state index in [9.17, 15) is 26.3 Å². The van der Waals surface area contributed by atoms with Gasteiger partial charge in [-0.3, -0.25) is 0 Å². The van der Waals surface area contributed by atoms with Crippen LogP contribution in [0.1, 0.15) is 11.1 Å². The number of thiophene rings is 1. The van der Waals surface area contributed by atoms with Crippen molar-refractivity contribution in [3.8, 4) is 22.3 Å². The van der Waals surface area contributed by atoms with Gasteiger partial charge in [0.25, 0.3) is 0 Å². The lowest BCUT2D eigenvalue weighted by Gasteiger charge is -2.19. The average Bonchev–Trinajstić information content (AvgIpc) is 3.46. The second-order valence-electron chi connectivity index (χ2n) is 12.2. The van der Waals surface area contributed by atoms with Crippen molar-refractivity contribution in [3.63, 3.8) is 0 Å². The van der Waals surface area contributed by atoms with Crippen LogP contribution in [0.2, 0.25) is 0 Å². The molecule has 0 bridgehead atoms. The van der Waals surface area contributed by atoms with Crippen LogP contribution in [-0.4, -0.2) is 0 Å². The molecule has 1 heterocycles. The minimum atomic E-state index is -4.55. The third kappa shape index (κ3) is 4.45. The maximum atomic E-state index is 14.6. The van der Waals surface area contributed by atoms with Gasteiger partial charge in [0.05, 0.1) is 11.1 Å². The minimum absolute atomic E-state index is 0.142. The fourth-order valence-corrected chi connectivity index (χ4v) is 8.83. The molecule has 0 N–H and O–H groups in total. The van der Waals surface area contributed by atoms with Gasteiger partial charge in [-0.05, 0) is 77.5 Å². The first-order valence-corrected chi connectivity index (χ1v) is 16.4. The van der Waals surface area contributed by atoms with Gasteiger partial charge in [0.1, 0.15) is 0 Å². The summed E-state index contributed by atoms with van der Waals surface area (Å²) < 4.78 is 89.2. The second-order valence-corrected chi connectivity index (χ2v) is 13.3. The topological polar surface area (TPSA) is 0 Å². The summed E-state index contributed by atoms with van der Waals surface area (Å²) >= 11 is 1.56. The third-order valence-corrected chi connectivity index (χ3v) is 10.6. The Morgan fingerprint density at radius 2 is 0.796 bits per heavy atom. The molecule has 0 saturated heterocycles. The Kier molecular flexibility index (Phi) is 6.40. The monoisotopic (exact) mass is 672 g/mol. The Hall–Kier alpha value is -5.40. The van der Waals surface area contributed by atoms with Crippen molar-refractivity contribution in [1.82, 2.24) is 0 Å². The molecule has 8 aromatic carbocycles. The number of benzene rings is 8. The number of hydrogen-bond acceptors (Lipinski definition) is 1. The lowest BCUT2D eigenvalue weighted by atomic mass is 9.86. The molecule has 0 spiro atoms. The van der Waals surface area contributed by atoms with E-state index in [-0.39, 0.29) is 21.5 Å². The molecule has 9 aromatic rings. The van der Waals surface area contributed by atoms with Gasteiger partial charge in [-0.25, -0.2) is 0 Å². The molecule has 0 atom stereocenters. The van der Waals surface area contributed by atoms with Gasteiger partial charge in [0.2, 0.25) is 0 Å². The molecule has 0 nitrogen and oxygen atoms in total. The van der Waals surface area contributed by atoms with Gasteiger partial charge in [0.15, 0.2) is 0 Å². The van der Waals surface area contributed by atoms with E-state index in [1.54, 1.807) is 84.1 Å². The maximum absolute atomic E-state index is 14.6. The summed E-state index contributed by atoms with van der Waals surface area (Å²) in [5, 5.41) is 4.47. The van der Waals surface area contributed by atoms with E-state index >= 15 is 0 Å². The van der Waals surface area contributed by atoms with Crippen LogP contribution in [-0.2, 0) is 12.4 Å². The summed E-state index contributed by atoms with van der Waals surface area (Å²) in [5.74, 6) is 0. The number of fused-ring (bicyclic) bond motifs is 7. The molecular formula is C42H22F6S. The van der Waals surface area contributed by atoms with Crippen molar-refractivity contribution in [2.75, 3.05) is 0 Å². The fourth-order valence-electron chi connectivity index (χ4n) is 7.66. The quantitative estimate of drug-likeness (QED) is 0.127. The Labute approximate surface area is 279 Å². The van der Waals surface area contributed by atoms with Gasteiger partial charge < -0.3 is 0 Å². The summed E-state index contributed by atoms with van der Waals surface area (Å²) in [4.78, 5) is 0. The zero-order valence-electron chi connectivity index (χ0n) is 25.4. The normalized spacial score (nSPS) is 12.7. The first-order chi connectivity index (χ1) is 23.6. The zero-order valence-corrected chi connectivity index (χ0v) is 26.2. The highest BCUT2D eigenvalue weighted by Crippen LogP contribution is 2.50. The Bertz CT molecular complexity index is 2690. The number of halogens is 6. The van der Waals surface area contributed by atoms with Crippen molar-refractivity contribution < 1.29 is 26.3 Å². The van der Waals surface area contributed by atoms with E-state index in [1.807, 2.05) is 36.4 Å². The van der Waals surface area contributed by atoms with Crippen LogP contribution in [0.4, 0.5) is 26.3 Å². The predicted molar refractivity (Wildman–Crippen MR) is 190 cm³/mol. The number of alkyl halides is 6. The van der Waals surface area contributed by atoms with Crippen molar-refractivity contribution >= 4 is 74.6 Å². The molecule has 1 aromatic heterocycles. The molecule has 0 saturated carbocycles. The number of hydrogen-bond donors (Lipinski definition) is 0. The van der Waals surface area contributed by atoms with Crippen LogP contribution in [0.5, 0.6) is 0 Å². The van der Waals surface area contributed by atoms with Gasteiger partial charge in [-0.1, -0.05) is 121 Å². The first-order valence-electron chi connectivity index (χ1n) is 15.6. The molecule has 0 unspecified atom stereocenters. The summed E-state index contributed by atoms with van der Waals surface area (Å²) in [6.45, 7) is 0. The molecule has 238 valence electrons. The van der Waals surface area contributed by atoms with E-state index in [0.29, 0.717) is 21.5 Å². The number of rotatable bonds is 2. The van der Waals surface area contributed by atoms with Gasteiger partial charge >= 0.3 is 12.4 Å². The van der Waals surface area contributed by atoms with Gasteiger partial charge in [0, 0.05) is 20.2 Å². The molecule has 49 heavy (non-hydrogen) atoms. The summed E-state index contributed by atoms with van der Waals surface area (Å²) in [6.07, 6.45) is -9.10. The summed E-state index contributed by atoms with van der Waals surface area (Å²) in [5.41, 5.74) is 1.76. The zero-order chi connectivity index (χ0) is 33.7. The highest BCUT2D eigenvalue weighted by atomic mass is 32.1. The fraction of sp³-hybridized carbons (Fsp3) is 0.0476. The highest BCUT2D eigenvalue weighted by molar-refractivity contribution is 7.26. The van der Waals surface area contributed by atoms with E-state index in [4.69, 9.17) is 0 Å². The molecule has 9 rings (SSSR count). The maximum Gasteiger partial charge on any atom is 0.417 e. The van der Waals surface area contributed by atoms with Crippen LogP contribution in [0.3, 0.4) is 0 Å². The molecule has 7 heteroatoms. The SMILES string of the molecule is FC(F)(F)c1c2ccccc2c(-c2ccc3c(c2)sc2cccc(-c4c5ccccc5c(C(F)(F)F)c5ccccc45)c23)c2ccccc12. The highest BCUT2D eigenvalue weighted by Gasteiger charge is 2.37. The van der Waals surface area contributed by atoms with Crippen LogP contribution >= 0.6 is 11.3 Å². The molecule has 0 aliphatic heterocycles. The lowest BCUT2D eigenvalue weighted by molar-refractivity contribution is -0.135. The van der Waals surface area contributed by atoms with E-state index in [0.717, 1.165) is 42.4 Å². The van der Waals surface area contributed by atoms with Crippen molar-refractivity contribution in [1.29, 1.82) is 0 Å². The molecular weight excluding hydrogens is 651 g/mol. The molecule has 0 radical (unpaired) electrons. The van der Waals surface area contributed by atoms with Crippen LogP contribution in [0.25, 0.3) is 85.5 Å². The average molecular weight is 673 g/mol. The summed E-state index contributed by atoms with van der Waals surface area (Å²) in [6, 6.07) is 38.5. The second kappa shape index (κ2) is 10.5. The smallest absolute Gasteiger partial charge is 0.166 e. The van der Waals surface area contributed by atoms with Crippen LogP contribution < -0.4 is 0 Å². The minimum Gasteiger partial charge on any atom is -0.166 e. The molecule has 0 aliphatic rings. The van der Waals surface area contributed by atoms with Gasteiger partial charge in [-0.2, -0.15) is 26.3 Å². The Morgan fingerprint density at radius 3 is 1.24 bits per heavy atom. The molecule has 0 fully saturated rings. The Morgan fingerprint density at radius 1 is 0.367 bits per heavy atom. The van der Waals surface area contributed by atoms with Crippen molar-refractivity contribution in [2.24, 2.45) is 0 Å². The summed E-state index contributed by atoms with van der Waals surface area (Å²) in [7, 11) is 0. The van der Waals surface area contributed by atoms with Crippen molar-refractivity contribution in [2.45, 2.75) is 12.4 Å². The van der Waals surface area contributed by atoms with Crippen LogP contribution in [0, 0.1) is 0 Å². The predicted octanol–water partition coefficient (Wildman–Crippen LogP) is 14.0. The molecule has 0 amide bonds. The van der Waals surface area contributed by atoms with Gasteiger partial charge in [-0.15, -0.1) is 11.3 Å². The third-order valence-electron chi connectivity index (χ3n) is 9.49. The van der Waals surface area contributed by atoms with E-state index < -0.39 is 23.5 Å². The Balaban J connectivity index is 1.35. The standard InChI is InChI=1S/C42H22F6S/c43-41(44,45)39-28-14-5-1-10-24(28)36(25-11-2-6-15-29(25)39)23-20-21-32-35(22-23)49-34-19-9-18-33(38(32)34)37-26-12-3-7-16-30(26)40(42(46,47)48)31-17-8-4-13-27(31)37/h1-22H. The van der Waals surface area contributed by atoms with E-state index in [1.165, 1.54) is 24.3 Å². The first kappa shape index (κ1) is 29.7. The van der Waals surface area contributed by atoms with Crippen LogP contribution in [0.15, 0.2) is 133 Å². The van der Waals surface area contributed by atoms with Crippen molar-refractivity contribution in [3.05, 3.63) is 145 Å². The lowest BCUT2D eigenvalue weighted by Crippen LogP contribution is -2.07. The van der Waals surface area contributed by atoms with E-state index in [2.05, 4.69) is 0 Å². The molecule has 0 aliphatic carbocycles.